The Morgan fingerprint density at radius 2 is 2.04 bits per heavy atom. The van der Waals surface area contributed by atoms with Gasteiger partial charge in [0.25, 0.3) is 10.0 Å². The van der Waals surface area contributed by atoms with E-state index in [4.69, 9.17) is 0 Å². The summed E-state index contributed by atoms with van der Waals surface area (Å²) in [5.41, 5.74) is 0.665. The zero-order valence-electron chi connectivity index (χ0n) is 14.0. The average molecular weight is 385 g/mol. The van der Waals surface area contributed by atoms with Crippen LogP contribution in [-0.4, -0.2) is 44.6 Å². The Bertz CT molecular complexity index is 849. The fraction of sp³-hybridized carbons (Fsp3) is 0.467. The van der Waals surface area contributed by atoms with Gasteiger partial charge in [-0.3, -0.25) is 4.72 Å². The standard InChI is InChI=1S/C15H20FN5O2S2/c1-10-14(21(2)11-6-8-17-9-7-11)24-15(18-10)25(22,23)20-13-5-3-4-12(16)19-13/h3-5,11,17H,6-9H2,1-2H3,(H,19,20). The monoisotopic (exact) mass is 385 g/mol. The molecular weight excluding hydrogens is 365 g/mol. The predicted octanol–water partition coefficient (Wildman–Crippen LogP) is 1.97. The average Bonchev–Trinajstić information content (AvgIpc) is 2.97. The summed E-state index contributed by atoms with van der Waals surface area (Å²) in [5, 5.41) is 4.15. The number of aryl methyl sites for hydroxylation is 1. The Balaban J connectivity index is 1.83. The summed E-state index contributed by atoms with van der Waals surface area (Å²) in [6.45, 7) is 3.69. The van der Waals surface area contributed by atoms with Crippen molar-refractivity contribution in [2.24, 2.45) is 0 Å². The highest BCUT2D eigenvalue weighted by Gasteiger charge is 2.26. The Hall–Kier alpha value is -1.78. The van der Waals surface area contributed by atoms with Gasteiger partial charge in [-0.05, 0) is 45.0 Å². The Morgan fingerprint density at radius 1 is 1.32 bits per heavy atom. The molecule has 0 unspecified atom stereocenters. The van der Waals surface area contributed by atoms with Crippen molar-refractivity contribution in [2.45, 2.75) is 30.1 Å². The van der Waals surface area contributed by atoms with Crippen molar-refractivity contribution in [1.29, 1.82) is 0 Å². The maximum absolute atomic E-state index is 13.2. The number of anilines is 2. The van der Waals surface area contributed by atoms with Crippen molar-refractivity contribution in [2.75, 3.05) is 29.8 Å². The number of rotatable bonds is 5. The van der Waals surface area contributed by atoms with Crippen LogP contribution < -0.4 is 14.9 Å². The lowest BCUT2D eigenvalue weighted by Crippen LogP contribution is -2.41. The minimum Gasteiger partial charge on any atom is -0.362 e. The third kappa shape index (κ3) is 4.07. The van der Waals surface area contributed by atoms with E-state index < -0.39 is 16.0 Å². The van der Waals surface area contributed by atoms with Gasteiger partial charge >= 0.3 is 0 Å². The zero-order valence-corrected chi connectivity index (χ0v) is 15.6. The lowest BCUT2D eigenvalue weighted by molar-refractivity contribution is 0.444. The third-order valence-electron chi connectivity index (χ3n) is 4.11. The van der Waals surface area contributed by atoms with Gasteiger partial charge in [0.05, 0.1) is 5.69 Å². The van der Waals surface area contributed by atoms with Crippen LogP contribution in [0.25, 0.3) is 0 Å². The first-order valence-electron chi connectivity index (χ1n) is 7.93. The molecule has 0 bridgehead atoms. The van der Waals surface area contributed by atoms with Gasteiger partial charge in [0.2, 0.25) is 10.3 Å². The lowest BCUT2D eigenvalue weighted by Gasteiger charge is -2.32. The molecule has 2 aromatic heterocycles. The summed E-state index contributed by atoms with van der Waals surface area (Å²) >= 11 is 1.11. The number of pyridine rings is 1. The number of nitrogens with zero attached hydrogens (tertiary/aromatic N) is 3. The molecule has 3 heterocycles. The molecule has 0 radical (unpaired) electrons. The SMILES string of the molecule is Cc1nc(S(=O)(=O)Nc2cccc(F)n2)sc1N(C)C1CCNCC1. The van der Waals surface area contributed by atoms with Gasteiger partial charge in [-0.25, -0.2) is 9.97 Å². The summed E-state index contributed by atoms with van der Waals surface area (Å²) in [4.78, 5) is 9.83. The number of aromatic nitrogens is 2. The van der Waals surface area contributed by atoms with Crippen LogP contribution in [0.5, 0.6) is 0 Å². The molecule has 0 atom stereocenters. The number of nitrogens with one attached hydrogen (secondary N) is 2. The summed E-state index contributed by atoms with van der Waals surface area (Å²) in [6, 6.07) is 4.29. The molecular formula is C15H20FN5O2S2. The quantitative estimate of drug-likeness (QED) is 0.766. The van der Waals surface area contributed by atoms with Gasteiger partial charge in [-0.1, -0.05) is 17.4 Å². The van der Waals surface area contributed by atoms with E-state index in [2.05, 4.69) is 24.9 Å². The van der Waals surface area contributed by atoms with Gasteiger partial charge in [0, 0.05) is 13.1 Å². The van der Waals surface area contributed by atoms with Crippen molar-refractivity contribution in [3.63, 3.8) is 0 Å². The molecule has 0 saturated carbocycles. The van der Waals surface area contributed by atoms with Crippen LogP contribution in [-0.2, 0) is 10.0 Å². The molecule has 0 aliphatic carbocycles. The highest BCUT2D eigenvalue weighted by molar-refractivity contribution is 7.94. The molecule has 0 spiro atoms. The molecule has 1 aliphatic rings. The van der Waals surface area contributed by atoms with Crippen LogP contribution in [0.1, 0.15) is 18.5 Å². The predicted molar refractivity (Wildman–Crippen MR) is 96.1 cm³/mol. The zero-order chi connectivity index (χ0) is 18.0. The summed E-state index contributed by atoms with van der Waals surface area (Å²) in [7, 11) is -1.94. The highest BCUT2D eigenvalue weighted by Crippen LogP contribution is 2.33. The smallest absolute Gasteiger partial charge is 0.290 e. The van der Waals surface area contributed by atoms with E-state index in [9.17, 15) is 12.8 Å². The molecule has 2 aromatic rings. The van der Waals surface area contributed by atoms with Crippen molar-refractivity contribution >= 4 is 32.2 Å². The molecule has 136 valence electrons. The molecule has 3 rings (SSSR count). The molecule has 1 saturated heterocycles. The Kier molecular flexibility index (Phi) is 5.21. The Labute approximate surface area is 150 Å². The second-order valence-corrected chi connectivity index (χ2v) is 8.75. The first-order chi connectivity index (χ1) is 11.9. The summed E-state index contributed by atoms with van der Waals surface area (Å²) in [5.74, 6) is -0.817. The molecule has 10 heteroatoms. The minimum absolute atomic E-state index is 0.0492. The van der Waals surface area contributed by atoms with Gasteiger partial charge in [0.15, 0.2) is 0 Å². The van der Waals surface area contributed by atoms with Crippen LogP contribution in [0.2, 0.25) is 0 Å². The minimum atomic E-state index is -3.91. The largest absolute Gasteiger partial charge is 0.362 e. The number of piperidine rings is 1. The van der Waals surface area contributed by atoms with Gasteiger partial charge in [-0.15, -0.1) is 0 Å². The number of hydrogen-bond donors (Lipinski definition) is 2. The maximum Gasteiger partial charge on any atom is 0.290 e. The first kappa shape index (κ1) is 18.0. The Morgan fingerprint density at radius 3 is 2.72 bits per heavy atom. The van der Waals surface area contributed by atoms with Crippen LogP contribution in [0.4, 0.5) is 15.2 Å². The van der Waals surface area contributed by atoms with Crippen molar-refractivity contribution < 1.29 is 12.8 Å². The lowest BCUT2D eigenvalue weighted by atomic mass is 10.1. The van der Waals surface area contributed by atoms with Crippen molar-refractivity contribution in [1.82, 2.24) is 15.3 Å². The van der Waals surface area contributed by atoms with E-state index in [0.717, 1.165) is 48.3 Å². The van der Waals surface area contributed by atoms with E-state index in [-0.39, 0.29) is 10.2 Å². The van der Waals surface area contributed by atoms with Crippen molar-refractivity contribution in [3.05, 3.63) is 29.8 Å². The first-order valence-corrected chi connectivity index (χ1v) is 10.2. The van der Waals surface area contributed by atoms with Gasteiger partial charge < -0.3 is 10.2 Å². The van der Waals surface area contributed by atoms with Crippen LogP contribution in [0.3, 0.4) is 0 Å². The van der Waals surface area contributed by atoms with Crippen molar-refractivity contribution in [3.8, 4) is 0 Å². The fourth-order valence-corrected chi connectivity index (χ4v) is 5.18. The van der Waals surface area contributed by atoms with Crippen LogP contribution in [0.15, 0.2) is 22.5 Å². The normalized spacial score (nSPS) is 16.0. The summed E-state index contributed by atoms with van der Waals surface area (Å²) < 4.78 is 40.4. The number of sulfonamides is 1. The molecule has 1 aliphatic heterocycles. The topological polar surface area (TPSA) is 87.2 Å². The second kappa shape index (κ2) is 7.22. The number of hydrogen-bond acceptors (Lipinski definition) is 7. The number of halogens is 1. The fourth-order valence-electron chi connectivity index (χ4n) is 2.81. The van der Waals surface area contributed by atoms with E-state index in [1.54, 1.807) is 6.92 Å². The van der Waals surface area contributed by atoms with Crippen LogP contribution >= 0.6 is 11.3 Å². The molecule has 2 N–H and O–H groups in total. The van der Waals surface area contributed by atoms with Crippen LogP contribution in [0, 0.1) is 12.9 Å². The molecule has 0 amide bonds. The van der Waals surface area contributed by atoms with E-state index in [1.165, 1.54) is 12.1 Å². The maximum atomic E-state index is 13.2. The molecule has 1 fully saturated rings. The van der Waals surface area contributed by atoms with E-state index >= 15 is 0 Å². The molecule has 7 nitrogen and oxygen atoms in total. The van der Waals surface area contributed by atoms with E-state index in [0.29, 0.717) is 11.7 Å². The summed E-state index contributed by atoms with van der Waals surface area (Å²) in [6.07, 6.45) is 2.00. The van der Waals surface area contributed by atoms with Gasteiger partial charge in [0.1, 0.15) is 10.8 Å². The van der Waals surface area contributed by atoms with Gasteiger partial charge in [-0.2, -0.15) is 12.8 Å². The second-order valence-electron chi connectivity index (χ2n) is 5.91. The number of thiazole rings is 1. The third-order valence-corrected chi connectivity index (χ3v) is 7.09. The molecule has 0 aromatic carbocycles. The van der Waals surface area contributed by atoms with E-state index in [1.807, 2.05) is 7.05 Å². The highest BCUT2D eigenvalue weighted by atomic mass is 32.2. The molecule has 25 heavy (non-hydrogen) atoms.